The van der Waals surface area contributed by atoms with Gasteiger partial charge in [-0.25, -0.2) is 0 Å². The highest BCUT2D eigenvalue weighted by Crippen LogP contribution is 2.33. The van der Waals surface area contributed by atoms with Gasteiger partial charge in [-0.2, -0.15) is 0 Å². The van der Waals surface area contributed by atoms with E-state index >= 15 is 0 Å². The summed E-state index contributed by atoms with van der Waals surface area (Å²) in [4.78, 5) is 17.0. The maximum absolute atomic E-state index is 12.4. The van der Waals surface area contributed by atoms with Gasteiger partial charge in [0.2, 0.25) is 0 Å². The summed E-state index contributed by atoms with van der Waals surface area (Å²) in [5, 5.41) is 3.79. The van der Waals surface area contributed by atoms with Crippen LogP contribution in [0.3, 0.4) is 0 Å². The lowest BCUT2D eigenvalue weighted by Crippen LogP contribution is -2.12. The Bertz CT molecular complexity index is 818. The van der Waals surface area contributed by atoms with Crippen LogP contribution in [0.15, 0.2) is 36.7 Å². The van der Waals surface area contributed by atoms with E-state index < -0.39 is 0 Å². The molecule has 1 amide bonds. The number of rotatable bonds is 2. The first kappa shape index (κ1) is 13.6. The largest absolute Gasteiger partial charge is 0.397 e. The number of carbonyl (C=O) groups excluding carboxylic acids is 1. The fourth-order valence-corrected chi connectivity index (χ4v) is 3.36. The molecule has 106 valence electrons. The molecule has 0 saturated heterocycles. The molecule has 5 heteroatoms. The zero-order valence-corrected chi connectivity index (χ0v) is 12.6. The zero-order valence-electron chi connectivity index (χ0n) is 11.8. The molecule has 0 aliphatic rings. The minimum absolute atomic E-state index is 0.182. The maximum Gasteiger partial charge on any atom is 0.267 e. The van der Waals surface area contributed by atoms with Gasteiger partial charge in [-0.05, 0) is 43.2 Å². The summed E-state index contributed by atoms with van der Waals surface area (Å²) in [6, 6.07) is 7.77. The van der Waals surface area contributed by atoms with E-state index in [4.69, 9.17) is 5.73 Å². The second-order valence-electron chi connectivity index (χ2n) is 5.05. The molecule has 0 aliphatic heterocycles. The molecule has 3 aromatic rings. The molecule has 0 atom stereocenters. The van der Waals surface area contributed by atoms with Crippen LogP contribution in [0.25, 0.3) is 10.1 Å². The van der Waals surface area contributed by atoms with E-state index in [1.54, 1.807) is 12.4 Å². The standard InChI is InChI=1S/C16H15N3OS/c1-9-5-10(2)7-11(6-9)19-16(20)15-14(17)12-3-4-18-8-13(12)21-15/h3-8H,17H2,1-2H3,(H,19,20). The van der Waals surface area contributed by atoms with Gasteiger partial charge in [0.1, 0.15) is 4.88 Å². The number of pyridine rings is 1. The van der Waals surface area contributed by atoms with Crippen LogP contribution in [-0.2, 0) is 0 Å². The Kier molecular flexibility index (Phi) is 3.35. The number of hydrogen-bond donors (Lipinski definition) is 2. The van der Waals surface area contributed by atoms with E-state index in [1.807, 2.05) is 32.0 Å². The lowest BCUT2D eigenvalue weighted by molar-refractivity contribution is 0.103. The molecule has 1 aromatic carbocycles. The van der Waals surface area contributed by atoms with Gasteiger partial charge in [0.05, 0.1) is 10.4 Å². The Balaban J connectivity index is 1.95. The van der Waals surface area contributed by atoms with E-state index in [9.17, 15) is 4.79 Å². The third-order valence-electron chi connectivity index (χ3n) is 3.22. The van der Waals surface area contributed by atoms with Gasteiger partial charge in [-0.1, -0.05) is 6.07 Å². The fourth-order valence-electron chi connectivity index (χ4n) is 2.37. The number of hydrogen-bond acceptors (Lipinski definition) is 4. The Hall–Kier alpha value is -2.40. The van der Waals surface area contributed by atoms with Crippen LogP contribution in [0.2, 0.25) is 0 Å². The molecule has 0 aliphatic carbocycles. The normalized spacial score (nSPS) is 10.8. The Morgan fingerprint density at radius 3 is 2.62 bits per heavy atom. The minimum Gasteiger partial charge on any atom is -0.397 e. The van der Waals surface area contributed by atoms with Gasteiger partial charge in [0, 0.05) is 23.5 Å². The molecule has 0 saturated carbocycles. The molecule has 2 aromatic heterocycles. The van der Waals surface area contributed by atoms with Crippen LogP contribution in [0.5, 0.6) is 0 Å². The van der Waals surface area contributed by atoms with Crippen LogP contribution < -0.4 is 11.1 Å². The maximum atomic E-state index is 12.4. The lowest BCUT2D eigenvalue weighted by Gasteiger charge is -2.07. The average molecular weight is 297 g/mol. The molecule has 0 bridgehead atoms. The molecule has 3 rings (SSSR count). The number of anilines is 2. The summed E-state index contributed by atoms with van der Waals surface area (Å²) in [7, 11) is 0. The third-order valence-corrected chi connectivity index (χ3v) is 4.37. The van der Waals surface area contributed by atoms with Gasteiger partial charge < -0.3 is 11.1 Å². The summed E-state index contributed by atoms with van der Waals surface area (Å²) in [5.74, 6) is -0.182. The van der Waals surface area contributed by atoms with Gasteiger partial charge in [-0.15, -0.1) is 11.3 Å². The van der Waals surface area contributed by atoms with Crippen molar-refractivity contribution in [3.63, 3.8) is 0 Å². The van der Waals surface area contributed by atoms with Crippen molar-refractivity contribution in [1.29, 1.82) is 0 Å². The molecule has 2 heterocycles. The van der Waals surface area contributed by atoms with Crippen LogP contribution in [0.4, 0.5) is 11.4 Å². The topological polar surface area (TPSA) is 68.0 Å². The van der Waals surface area contributed by atoms with E-state index in [2.05, 4.69) is 16.4 Å². The highest BCUT2D eigenvalue weighted by Gasteiger charge is 2.16. The predicted molar refractivity (Wildman–Crippen MR) is 87.9 cm³/mol. The number of benzene rings is 1. The van der Waals surface area contributed by atoms with E-state index in [-0.39, 0.29) is 5.91 Å². The number of aryl methyl sites for hydroxylation is 2. The fraction of sp³-hybridized carbons (Fsp3) is 0.125. The zero-order chi connectivity index (χ0) is 15.0. The number of nitrogen functional groups attached to an aromatic ring is 1. The number of nitrogens with two attached hydrogens (primary N) is 1. The Labute approximate surface area is 126 Å². The number of nitrogens with one attached hydrogen (secondary N) is 1. The van der Waals surface area contributed by atoms with Gasteiger partial charge in [0.25, 0.3) is 5.91 Å². The molecule has 0 spiro atoms. The van der Waals surface area contributed by atoms with Crippen molar-refractivity contribution in [1.82, 2.24) is 4.98 Å². The first-order valence-electron chi connectivity index (χ1n) is 6.56. The van der Waals surface area contributed by atoms with Crippen LogP contribution >= 0.6 is 11.3 Å². The molecule has 3 N–H and O–H groups in total. The van der Waals surface area contributed by atoms with Crippen molar-refractivity contribution in [2.24, 2.45) is 0 Å². The van der Waals surface area contributed by atoms with E-state index in [1.165, 1.54) is 11.3 Å². The van der Waals surface area contributed by atoms with Crippen LogP contribution in [0.1, 0.15) is 20.8 Å². The number of nitrogens with zero attached hydrogens (tertiary/aromatic N) is 1. The Morgan fingerprint density at radius 2 is 1.95 bits per heavy atom. The summed E-state index contributed by atoms with van der Waals surface area (Å²) in [6.07, 6.45) is 3.40. The second kappa shape index (κ2) is 5.18. The number of carbonyl (C=O) groups is 1. The lowest BCUT2D eigenvalue weighted by atomic mass is 10.1. The first-order valence-corrected chi connectivity index (χ1v) is 7.38. The summed E-state index contributed by atoms with van der Waals surface area (Å²) >= 11 is 1.36. The SMILES string of the molecule is Cc1cc(C)cc(NC(=O)c2sc3cnccc3c2N)c1. The highest BCUT2D eigenvalue weighted by molar-refractivity contribution is 7.21. The van der Waals surface area contributed by atoms with Crippen molar-refractivity contribution >= 4 is 38.7 Å². The van der Waals surface area contributed by atoms with E-state index in [0.717, 1.165) is 26.9 Å². The van der Waals surface area contributed by atoms with E-state index in [0.29, 0.717) is 10.6 Å². The summed E-state index contributed by atoms with van der Waals surface area (Å²) < 4.78 is 0.917. The molecule has 0 radical (unpaired) electrons. The Morgan fingerprint density at radius 1 is 1.24 bits per heavy atom. The van der Waals surface area contributed by atoms with Crippen molar-refractivity contribution in [2.45, 2.75) is 13.8 Å². The summed E-state index contributed by atoms with van der Waals surface area (Å²) in [5.41, 5.74) is 9.59. The molecule has 21 heavy (non-hydrogen) atoms. The number of amides is 1. The predicted octanol–water partition coefficient (Wildman–Crippen LogP) is 3.75. The quantitative estimate of drug-likeness (QED) is 0.757. The van der Waals surface area contributed by atoms with Gasteiger partial charge >= 0.3 is 0 Å². The second-order valence-corrected chi connectivity index (χ2v) is 6.10. The average Bonchev–Trinajstić information content (AvgIpc) is 2.76. The number of fused-ring (bicyclic) bond motifs is 1. The number of aromatic nitrogens is 1. The van der Waals surface area contributed by atoms with Crippen LogP contribution in [0, 0.1) is 13.8 Å². The summed E-state index contributed by atoms with van der Waals surface area (Å²) in [6.45, 7) is 4.00. The minimum atomic E-state index is -0.182. The monoisotopic (exact) mass is 297 g/mol. The van der Waals surface area contributed by atoms with Crippen molar-refractivity contribution in [2.75, 3.05) is 11.1 Å². The third kappa shape index (κ3) is 2.60. The number of thiophene rings is 1. The molecular formula is C16H15N3OS. The first-order chi connectivity index (χ1) is 10.0. The van der Waals surface area contributed by atoms with Gasteiger partial charge in [0.15, 0.2) is 0 Å². The van der Waals surface area contributed by atoms with Crippen molar-refractivity contribution in [3.05, 3.63) is 52.7 Å². The molecule has 4 nitrogen and oxygen atoms in total. The molecule has 0 unspecified atom stereocenters. The molecule has 0 fully saturated rings. The van der Waals surface area contributed by atoms with Crippen LogP contribution in [-0.4, -0.2) is 10.9 Å². The molecular weight excluding hydrogens is 282 g/mol. The highest BCUT2D eigenvalue weighted by atomic mass is 32.1. The van der Waals surface area contributed by atoms with Crippen molar-refractivity contribution in [3.8, 4) is 0 Å². The van der Waals surface area contributed by atoms with Gasteiger partial charge in [-0.3, -0.25) is 9.78 Å². The smallest absolute Gasteiger partial charge is 0.267 e. The van der Waals surface area contributed by atoms with Crippen molar-refractivity contribution < 1.29 is 4.79 Å².